The van der Waals surface area contributed by atoms with Gasteiger partial charge in [-0.1, -0.05) is 20.4 Å². The molecule has 0 saturated carbocycles. The Balaban J connectivity index is 0. The Morgan fingerprint density at radius 1 is 1.43 bits per heavy atom. The lowest BCUT2D eigenvalue weighted by Gasteiger charge is -1.97. The summed E-state index contributed by atoms with van der Waals surface area (Å²) in [6.45, 7) is 8.06. The zero-order valence-electron chi connectivity index (χ0n) is 8.52. The summed E-state index contributed by atoms with van der Waals surface area (Å²) in [6, 6.07) is 0. The van der Waals surface area contributed by atoms with Gasteiger partial charge in [0.1, 0.15) is 0 Å². The Labute approximate surface area is 84.2 Å². The van der Waals surface area contributed by atoms with E-state index in [9.17, 15) is 13.2 Å². The molecule has 14 heavy (non-hydrogen) atoms. The average molecular weight is 224 g/mol. The Hall–Kier alpha value is -0.880. The molecule has 0 saturated heterocycles. The summed E-state index contributed by atoms with van der Waals surface area (Å²) in [4.78, 5) is 9.60. The molecule has 0 radical (unpaired) electrons. The second kappa shape index (κ2) is 6.56. The molecular weight excluding hydrogens is 208 g/mol. The van der Waals surface area contributed by atoms with Gasteiger partial charge in [-0.3, -0.25) is 4.55 Å². The van der Waals surface area contributed by atoms with Crippen LogP contribution < -0.4 is 0 Å². The summed E-state index contributed by atoms with van der Waals surface area (Å²) in [6.07, 6.45) is 0. The van der Waals surface area contributed by atoms with E-state index in [2.05, 4.69) is 6.58 Å². The molecule has 0 spiro atoms. The van der Waals surface area contributed by atoms with Crippen LogP contribution in [0.25, 0.3) is 0 Å². The van der Waals surface area contributed by atoms with Crippen molar-refractivity contribution in [2.75, 3.05) is 5.75 Å². The van der Waals surface area contributed by atoms with Gasteiger partial charge in [-0.05, 0) is 12.8 Å². The Bertz CT molecular complexity index is 277. The number of rotatable bonds is 3. The average Bonchev–Trinajstić information content (AvgIpc) is 1.81. The molecule has 0 aliphatic rings. The van der Waals surface area contributed by atoms with Crippen molar-refractivity contribution in [3.63, 3.8) is 0 Å². The lowest BCUT2D eigenvalue weighted by atomic mass is 10.3. The molecule has 84 valence electrons. The van der Waals surface area contributed by atoms with Gasteiger partial charge in [0.15, 0.2) is 0 Å². The molecule has 0 aliphatic heterocycles. The summed E-state index contributed by atoms with van der Waals surface area (Å²) in [5.41, 5.74) is 0.176. The number of aliphatic carboxylic acids is 1. The van der Waals surface area contributed by atoms with Crippen LogP contribution in [0.4, 0.5) is 0 Å². The van der Waals surface area contributed by atoms with Gasteiger partial charge < -0.3 is 5.11 Å². The number of carboxylic acid groups (broad SMARTS) is 1. The Morgan fingerprint density at radius 3 is 1.71 bits per heavy atom. The van der Waals surface area contributed by atoms with Crippen LogP contribution in [0.5, 0.6) is 0 Å². The maximum Gasteiger partial charge on any atom is 0.330 e. The summed E-state index contributed by atoms with van der Waals surface area (Å²) in [5, 5.41) is 7.89. The summed E-state index contributed by atoms with van der Waals surface area (Å²) < 4.78 is 28.2. The van der Waals surface area contributed by atoms with E-state index in [1.807, 2.05) is 0 Å². The van der Waals surface area contributed by atoms with Gasteiger partial charge in [-0.15, -0.1) is 0 Å². The zero-order valence-corrected chi connectivity index (χ0v) is 9.34. The monoisotopic (exact) mass is 224 g/mol. The van der Waals surface area contributed by atoms with Gasteiger partial charge in [0.2, 0.25) is 0 Å². The molecule has 0 aliphatic carbocycles. The fourth-order valence-corrected chi connectivity index (χ4v) is 1.26. The third-order valence-corrected chi connectivity index (χ3v) is 2.00. The van der Waals surface area contributed by atoms with E-state index in [0.717, 1.165) is 0 Å². The van der Waals surface area contributed by atoms with Crippen molar-refractivity contribution >= 4 is 16.1 Å². The highest BCUT2D eigenvalue weighted by Gasteiger charge is 2.06. The SMILES string of the molecule is C=C(C)C(=O)O.CC(C)CS(=O)(=O)O. The normalized spacial score (nSPS) is 10.4. The van der Waals surface area contributed by atoms with Gasteiger partial charge in [-0.25, -0.2) is 4.79 Å². The summed E-state index contributed by atoms with van der Waals surface area (Å²) in [5.74, 6) is -1.08. The quantitative estimate of drug-likeness (QED) is 0.554. The predicted molar refractivity (Wildman–Crippen MR) is 53.7 cm³/mol. The van der Waals surface area contributed by atoms with Crippen molar-refractivity contribution in [2.24, 2.45) is 5.92 Å². The second-order valence-corrected chi connectivity index (χ2v) is 4.73. The fraction of sp³-hybridized carbons (Fsp3) is 0.625. The third-order valence-electron chi connectivity index (χ3n) is 0.909. The van der Waals surface area contributed by atoms with Crippen LogP contribution in [0.3, 0.4) is 0 Å². The molecular formula is C8H16O5S. The van der Waals surface area contributed by atoms with Gasteiger partial charge in [0, 0.05) is 5.57 Å². The maximum absolute atomic E-state index is 10.00. The minimum absolute atomic E-state index is 0.00463. The van der Waals surface area contributed by atoms with Crippen LogP contribution in [0.15, 0.2) is 12.2 Å². The largest absolute Gasteiger partial charge is 0.478 e. The van der Waals surface area contributed by atoms with Crippen LogP contribution in [0, 0.1) is 5.92 Å². The number of carbonyl (C=O) groups is 1. The van der Waals surface area contributed by atoms with Crippen LogP contribution in [-0.4, -0.2) is 29.8 Å². The first kappa shape index (κ1) is 15.6. The van der Waals surface area contributed by atoms with Crippen LogP contribution in [-0.2, 0) is 14.9 Å². The third kappa shape index (κ3) is 17.3. The van der Waals surface area contributed by atoms with E-state index >= 15 is 0 Å². The topological polar surface area (TPSA) is 91.7 Å². The van der Waals surface area contributed by atoms with Gasteiger partial charge >= 0.3 is 5.97 Å². The molecule has 0 aromatic rings. The summed E-state index contributed by atoms with van der Waals surface area (Å²) >= 11 is 0. The molecule has 0 fully saturated rings. The minimum Gasteiger partial charge on any atom is -0.478 e. The molecule has 0 amide bonds. The highest BCUT2D eigenvalue weighted by molar-refractivity contribution is 7.85. The molecule has 0 atom stereocenters. The minimum atomic E-state index is -3.72. The van der Waals surface area contributed by atoms with Crippen LogP contribution in [0.1, 0.15) is 20.8 Å². The molecule has 0 aromatic carbocycles. The molecule has 0 bridgehead atoms. The molecule has 2 N–H and O–H groups in total. The van der Waals surface area contributed by atoms with E-state index in [4.69, 9.17) is 9.66 Å². The predicted octanol–water partition coefficient (Wildman–Crippen LogP) is 1.18. The first-order valence-electron chi connectivity index (χ1n) is 3.90. The molecule has 0 unspecified atom stereocenters. The van der Waals surface area contributed by atoms with Crippen molar-refractivity contribution in [3.8, 4) is 0 Å². The van der Waals surface area contributed by atoms with Crippen LogP contribution in [0.2, 0.25) is 0 Å². The lowest BCUT2D eigenvalue weighted by molar-refractivity contribution is -0.132. The molecule has 6 heteroatoms. The fourth-order valence-electron chi connectivity index (χ4n) is 0.421. The van der Waals surface area contributed by atoms with E-state index < -0.39 is 16.1 Å². The molecule has 0 aromatic heterocycles. The number of hydrogen-bond donors (Lipinski definition) is 2. The van der Waals surface area contributed by atoms with E-state index in [1.54, 1.807) is 13.8 Å². The highest BCUT2D eigenvalue weighted by Crippen LogP contribution is 1.95. The first-order valence-corrected chi connectivity index (χ1v) is 5.51. The van der Waals surface area contributed by atoms with Crippen molar-refractivity contribution in [1.82, 2.24) is 0 Å². The van der Waals surface area contributed by atoms with Crippen LogP contribution >= 0.6 is 0 Å². The van der Waals surface area contributed by atoms with Gasteiger partial charge in [0.25, 0.3) is 10.1 Å². The molecule has 5 nitrogen and oxygen atoms in total. The van der Waals surface area contributed by atoms with E-state index in [0.29, 0.717) is 0 Å². The Kier molecular flexibility index (Phi) is 7.30. The first-order chi connectivity index (χ1) is 6.06. The molecule has 0 heterocycles. The standard InChI is InChI=1S/C4H10O3S.C4H6O2/c1-4(2)3-8(5,6)7;1-3(2)4(5)6/h4H,3H2,1-2H3,(H,5,6,7);1H2,2H3,(H,5,6). The van der Waals surface area contributed by atoms with E-state index in [1.165, 1.54) is 6.92 Å². The van der Waals surface area contributed by atoms with Gasteiger partial charge in [0.05, 0.1) is 5.75 Å². The lowest BCUT2D eigenvalue weighted by Crippen LogP contribution is -2.09. The maximum atomic E-state index is 10.00. The van der Waals surface area contributed by atoms with Crippen molar-refractivity contribution < 1.29 is 22.9 Å². The second-order valence-electron chi connectivity index (χ2n) is 3.23. The summed E-state index contributed by atoms with van der Waals surface area (Å²) in [7, 11) is -3.72. The zero-order chi connectivity index (χ0) is 11.9. The smallest absolute Gasteiger partial charge is 0.330 e. The van der Waals surface area contributed by atoms with E-state index in [-0.39, 0.29) is 17.2 Å². The molecule has 0 rings (SSSR count). The van der Waals surface area contributed by atoms with Crippen molar-refractivity contribution in [1.29, 1.82) is 0 Å². The number of hydrogen-bond acceptors (Lipinski definition) is 3. The Morgan fingerprint density at radius 2 is 1.71 bits per heavy atom. The van der Waals surface area contributed by atoms with Gasteiger partial charge in [-0.2, -0.15) is 8.42 Å². The highest BCUT2D eigenvalue weighted by atomic mass is 32.2. The van der Waals surface area contributed by atoms with Crippen molar-refractivity contribution in [3.05, 3.63) is 12.2 Å². The van der Waals surface area contributed by atoms with Crippen molar-refractivity contribution in [2.45, 2.75) is 20.8 Å². The number of carboxylic acids is 1.